The molecule has 7 nitrogen and oxygen atoms in total. The third kappa shape index (κ3) is 3.59. The van der Waals surface area contributed by atoms with Crippen molar-refractivity contribution in [1.82, 2.24) is 15.3 Å². The van der Waals surface area contributed by atoms with Gasteiger partial charge in [-0.05, 0) is 17.7 Å². The molecule has 1 saturated heterocycles. The van der Waals surface area contributed by atoms with Gasteiger partial charge in [0.25, 0.3) is 0 Å². The fourth-order valence-electron chi connectivity index (χ4n) is 3.50. The Labute approximate surface area is 168 Å². The first-order valence-electron chi connectivity index (χ1n) is 9.55. The summed E-state index contributed by atoms with van der Waals surface area (Å²) in [6.07, 6.45) is 1.57. The molecule has 3 aromatic rings. The van der Waals surface area contributed by atoms with Crippen molar-refractivity contribution in [3.05, 3.63) is 66.5 Å². The summed E-state index contributed by atoms with van der Waals surface area (Å²) in [5, 5.41) is 3.01. The van der Waals surface area contributed by atoms with E-state index in [0.717, 1.165) is 34.1 Å². The maximum absolute atomic E-state index is 12.5. The van der Waals surface area contributed by atoms with Gasteiger partial charge in [0.2, 0.25) is 12.7 Å². The Balaban J connectivity index is 1.16. The molecule has 1 aromatic heterocycles. The summed E-state index contributed by atoms with van der Waals surface area (Å²) in [4.78, 5) is 23.3. The van der Waals surface area contributed by atoms with Gasteiger partial charge in [-0.15, -0.1) is 0 Å². The summed E-state index contributed by atoms with van der Waals surface area (Å²) in [6, 6.07) is 17.7. The van der Waals surface area contributed by atoms with Crippen molar-refractivity contribution >= 4 is 11.7 Å². The number of carbonyl (C=O) groups is 1. The SMILES string of the molecule is O=C(NCc1ccc2c(c1)OCO2)C1CN(c2cc(-c3ccccc3)ncn2)C1. The van der Waals surface area contributed by atoms with E-state index < -0.39 is 0 Å². The highest BCUT2D eigenvalue weighted by molar-refractivity contribution is 5.82. The molecule has 0 bridgehead atoms. The van der Waals surface area contributed by atoms with Gasteiger partial charge in [0.1, 0.15) is 12.1 Å². The molecule has 1 fully saturated rings. The normalized spacial score (nSPS) is 15.1. The van der Waals surface area contributed by atoms with E-state index in [1.165, 1.54) is 0 Å². The fraction of sp³-hybridized carbons (Fsp3) is 0.227. The van der Waals surface area contributed by atoms with E-state index in [2.05, 4.69) is 20.2 Å². The van der Waals surface area contributed by atoms with Crippen LogP contribution < -0.4 is 19.7 Å². The number of hydrogen-bond donors (Lipinski definition) is 1. The molecule has 1 N–H and O–H groups in total. The molecule has 0 aliphatic carbocycles. The molecule has 0 atom stereocenters. The fourth-order valence-corrected chi connectivity index (χ4v) is 3.50. The van der Waals surface area contributed by atoms with Gasteiger partial charge in [-0.1, -0.05) is 36.4 Å². The van der Waals surface area contributed by atoms with E-state index in [0.29, 0.717) is 19.6 Å². The standard InChI is InChI=1S/C22H20N4O3/c27-22(23-10-15-6-7-19-20(8-15)29-14-28-19)17-11-26(12-17)21-9-18(24-13-25-21)16-4-2-1-3-5-16/h1-9,13,17H,10-12,14H2,(H,23,27). The number of anilines is 1. The third-order valence-corrected chi connectivity index (χ3v) is 5.20. The average Bonchev–Trinajstić information content (AvgIpc) is 3.20. The lowest BCUT2D eigenvalue weighted by Crippen LogP contribution is -2.54. The van der Waals surface area contributed by atoms with Crippen molar-refractivity contribution in [2.75, 3.05) is 24.8 Å². The highest BCUT2D eigenvalue weighted by Gasteiger charge is 2.33. The Bertz CT molecular complexity index is 1040. The number of hydrogen-bond acceptors (Lipinski definition) is 6. The van der Waals surface area contributed by atoms with Gasteiger partial charge in [0, 0.05) is 31.3 Å². The van der Waals surface area contributed by atoms with Crippen molar-refractivity contribution in [3.63, 3.8) is 0 Å². The van der Waals surface area contributed by atoms with Gasteiger partial charge in [-0.2, -0.15) is 0 Å². The number of ether oxygens (including phenoxy) is 2. The molecular weight excluding hydrogens is 368 g/mol. The van der Waals surface area contributed by atoms with E-state index in [1.54, 1.807) is 6.33 Å². The van der Waals surface area contributed by atoms with Crippen LogP contribution in [-0.2, 0) is 11.3 Å². The van der Waals surface area contributed by atoms with Gasteiger partial charge in [0.05, 0.1) is 11.6 Å². The topological polar surface area (TPSA) is 76.6 Å². The van der Waals surface area contributed by atoms with E-state index in [-0.39, 0.29) is 18.6 Å². The van der Waals surface area contributed by atoms with Gasteiger partial charge < -0.3 is 19.7 Å². The van der Waals surface area contributed by atoms with E-state index in [4.69, 9.17) is 9.47 Å². The zero-order valence-corrected chi connectivity index (χ0v) is 15.7. The molecule has 2 aliphatic rings. The van der Waals surface area contributed by atoms with Crippen molar-refractivity contribution in [2.24, 2.45) is 5.92 Å². The lowest BCUT2D eigenvalue weighted by Gasteiger charge is -2.39. The Hall–Kier alpha value is -3.61. The molecule has 2 aliphatic heterocycles. The zero-order chi connectivity index (χ0) is 19.6. The van der Waals surface area contributed by atoms with Crippen LogP contribution >= 0.6 is 0 Å². The number of rotatable bonds is 5. The van der Waals surface area contributed by atoms with Crippen molar-refractivity contribution in [2.45, 2.75) is 6.54 Å². The highest BCUT2D eigenvalue weighted by atomic mass is 16.7. The molecule has 29 heavy (non-hydrogen) atoms. The zero-order valence-electron chi connectivity index (χ0n) is 15.7. The number of fused-ring (bicyclic) bond motifs is 1. The first kappa shape index (κ1) is 17.5. The summed E-state index contributed by atoms with van der Waals surface area (Å²) in [6.45, 7) is 2.02. The van der Waals surface area contributed by atoms with Gasteiger partial charge in [0.15, 0.2) is 11.5 Å². The average molecular weight is 388 g/mol. The highest BCUT2D eigenvalue weighted by Crippen LogP contribution is 2.32. The maximum Gasteiger partial charge on any atom is 0.231 e. The van der Waals surface area contributed by atoms with Gasteiger partial charge >= 0.3 is 0 Å². The van der Waals surface area contributed by atoms with E-state index >= 15 is 0 Å². The molecule has 0 unspecified atom stereocenters. The number of nitrogens with one attached hydrogen (secondary N) is 1. The first-order chi connectivity index (χ1) is 14.3. The Morgan fingerprint density at radius 3 is 2.72 bits per heavy atom. The minimum Gasteiger partial charge on any atom is -0.454 e. The van der Waals surface area contributed by atoms with Crippen LogP contribution in [0.3, 0.4) is 0 Å². The second-order valence-corrected chi connectivity index (χ2v) is 7.13. The number of nitrogens with zero attached hydrogens (tertiary/aromatic N) is 3. The minimum atomic E-state index is -0.0425. The summed E-state index contributed by atoms with van der Waals surface area (Å²) >= 11 is 0. The Morgan fingerprint density at radius 1 is 1.03 bits per heavy atom. The molecule has 146 valence electrons. The summed E-state index contributed by atoms with van der Waals surface area (Å²) in [7, 11) is 0. The first-order valence-corrected chi connectivity index (χ1v) is 9.55. The molecular formula is C22H20N4O3. The summed E-state index contributed by atoms with van der Waals surface area (Å²) in [5.74, 6) is 2.33. The van der Waals surface area contributed by atoms with Crippen LogP contribution in [0.2, 0.25) is 0 Å². The quantitative estimate of drug-likeness (QED) is 0.724. The third-order valence-electron chi connectivity index (χ3n) is 5.20. The van der Waals surface area contributed by atoms with Crippen LogP contribution in [0.5, 0.6) is 11.5 Å². The van der Waals surface area contributed by atoms with Crippen molar-refractivity contribution in [3.8, 4) is 22.8 Å². The van der Waals surface area contributed by atoms with Crippen LogP contribution in [-0.4, -0.2) is 35.8 Å². The summed E-state index contributed by atoms with van der Waals surface area (Å²) < 4.78 is 10.7. The summed E-state index contributed by atoms with van der Waals surface area (Å²) in [5.41, 5.74) is 2.92. The van der Waals surface area contributed by atoms with Crippen LogP contribution in [0.15, 0.2) is 60.9 Å². The van der Waals surface area contributed by atoms with Crippen LogP contribution in [0.25, 0.3) is 11.3 Å². The predicted octanol–water partition coefficient (Wildman–Crippen LogP) is 2.62. The lowest BCUT2D eigenvalue weighted by atomic mass is 9.99. The predicted molar refractivity (Wildman–Crippen MR) is 108 cm³/mol. The van der Waals surface area contributed by atoms with Crippen LogP contribution in [0.1, 0.15) is 5.56 Å². The van der Waals surface area contributed by atoms with Gasteiger partial charge in [-0.3, -0.25) is 4.79 Å². The molecule has 7 heteroatoms. The molecule has 0 radical (unpaired) electrons. The smallest absolute Gasteiger partial charge is 0.231 e. The molecule has 2 aromatic carbocycles. The van der Waals surface area contributed by atoms with Crippen molar-refractivity contribution in [1.29, 1.82) is 0 Å². The maximum atomic E-state index is 12.5. The second-order valence-electron chi connectivity index (χ2n) is 7.13. The monoisotopic (exact) mass is 388 g/mol. The van der Waals surface area contributed by atoms with Crippen molar-refractivity contribution < 1.29 is 14.3 Å². The molecule has 0 saturated carbocycles. The number of benzene rings is 2. The van der Waals surface area contributed by atoms with Crippen LogP contribution in [0, 0.1) is 5.92 Å². The Morgan fingerprint density at radius 2 is 1.86 bits per heavy atom. The van der Waals surface area contributed by atoms with E-state index in [1.807, 2.05) is 54.6 Å². The molecule has 0 spiro atoms. The van der Waals surface area contributed by atoms with Gasteiger partial charge in [-0.25, -0.2) is 9.97 Å². The minimum absolute atomic E-state index is 0.0425. The number of carbonyl (C=O) groups excluding carboxylic acids is 1. The Kier molecular flexibility index (Phi) is 4.48. The molecule has 5 rings (SSSR count). The number of amides is 1. The van der Waals surface area contributed by atoms with Crippen LogP contribution in [0.4, 0.5) is 5.82 Å². The number of aromatic nitrogens is 2. The second kappa shape index (κ2) is 7.43. The molecule has 1 amide bonds. The van der Waals surface area contributed by atoms with E-state index in [9.17, 15) is 4.79 Å². The largest absolute Gasteiger partial charge is 0.454 e. The molecule has 3 heterocycles. The lowest BCUT2D eigenvalue weighted by molar-refractivity contribution is -0.125.